The van der Waals surface area contributed by atoms with Crippen LogP contribution in [0.25, 0.3) is 0 Å². The van der Waals surface area contributed by atoms with Crippen molar-refractivity contribution >= 4 is 0 Å². The zero-order valence-electron chi connectivity index (χ0n) is 22.4. The molecule has 4 fully saturated rings. The largest absolute Gasteiger partial charge is 0.393 e. The number of aliphatic hydroxyl groups is 1. The summed E-state index contributed by atoms with van der Waals surface area (Å²) in [5, 5.41) is 10.9. The topological polar surface area (TPSA) is 20.2 Å². The molecule has 0 radical (unpaired) electrons. The predicted octanol–water partition coefficient (Wildman–Crippen LogP) is 8.58. The molecule has 0 amide bonds. The Morgan fingerprint density at radius 2 is 1.53 bits per heavy atom. The smallest absolute Gasteiger partial charge is 0.0594 e. The Morgan fingerprint density at radius 1 is 0.875 bits per heavy atom. The molecule has 0 aromatic rings. The van der Waals surface area contributed by atoms with Gasteiger partial charge in [0.1, 0.15) is 0 Å². The van der Waals surface area contributed by atoms with Crippen LogP contribution in [0.5, 0.6) is 0 Å². The summed E-state index contributed by atoms with van der Waals surface area (Å²) in [5.74, 6) is 3.61. The van der Waals surface area contributed by atoms with E-state index in [1.807, 2.05) is 0 Å². The maximum absolute atomic E-state index is 10.9. The second-order valence-corrected chi connectivity index (χ2v) is 14.1. The van der Waals surface area contributed by atoms with Crippen LogP contribution in [0, 0.1) is 51.2 Å². The third-order valence-corrected chi connectivity index (χ3v) is 12.6. The molecule has 182 valence electrons. The van der Waals surface area contributed by atoms with Gasteiger partial charge in [-0.3, -0.25) is 0 Å². The van der Waals surface area contributed by atoms with Crippen LogP contribution in [0.4, 0.5) is 0 Å². The van der Waals surface area contributed by atoms with E-state index in [-0.39, 0.29) is 11.5 Å². The highest BCUT2D eigenvalue weighted by Crippen LogP contribution is 2.75. The van der Waals surface area contributed by atoms with E-state index in [0.717, 1.165) is 24.2 Å². The number of rotatable bonds is 5. The van der Waals surface area contributed by atoms with E-state index >= 15 is 0 Å². The first-order chi connectivity index (χ1) is 14.8. The fourth-order valence-corrected chi connectivity index (χ4v) is 10.1. The normalized spacial score (nSPS) is 48.3. The van der Waals surface area contributed by atoms with Crippen LogP contribution in [0.2, 0.25) is 0 Å². The molecular formula is C31H52O. The van der Waals surface area contributed by atoms with Crippen molar-refractivity contribution in [2.75, 3.05) is 0 Å². The zero-order valence-corrected chi connectivity index (χ0v) is 22.4. The summed E-state index contributed by atoms with van der Waals surface area (Å²) in [6, 6.07) is 0. The van der Waals surface area contributed by atoms with Gasteiger partial charge in [-0.25, -0.2) is 0 Å². The van der Waals surface area contributed by atoms with Crippen molar-refractivity contribution in [2.45, 2.75) is 119 Å². The van der Waals surface area contributed by atoms with Gasteiger partial charge in [-0.1, -0.05) is 65.8 Å². The molecule has 32 heavy (non-hydrogen) atoms. The summed E-state index contributed by atoms with van der Waals surface area (Å²) in [7, 11) is 0. The van der Waals surface area contributed by atoms with Crippen LogP contribution in [0.1, 0.15) is 113 Å². The van der Waals surface area contributed by atoms with Crippen molar-refractivity contribution in [1.82, 2.24) is 0 Å². The van der Waals surface area contributed by atoms with Crippen molar-refractivity contribution in [1.29, 1.82) is 0 Å². The molecule has 1 heteroatoms. The fraction of sp³-hybridized carbons (Fsp3) is 0.871. The maximum Gasteiger partial charge on any atom is 0.0594 e. The van der Waals surface area contributed by atoms with Gasteiger partial charge in [0.25, 0.3) is 0 Å². The summed E-state index contributed by atoms with van der Waals surface area (Å²) < 4.78 is 0. The van der Waals surface area contributed by atoms with Gasteiger partial charge in [0.2, 0.25) is 0 Å². The van der Waals surface area contributed by atoms with Gasteiger partial charge in [0, 0.05) is 0 Å². The number of fused-ring (bicyclic) bond motifs is 5. The Hall–Kier alpha value is -0.560. The number of aliphatic hydroxyl groups excluding tert-OH is 1. The highest BCUT2D eigenvalue weighted by atomic mass is 16.3. The Balaban J connectivity index is 1.57. The van der Waals surface area contributed by atoms with E-state index in [9.17, 15) is 5.11 Å². The minimum atomic E-state index is -0.127. The third kappa shape index (κ3) is 3.34. The van der Waals surface area contributed by atoms with Gasteiger partial charge in [-0.2, -0.15) is 0 Å². The summed E-state index contributed by atoms with van der Waals surface area (Å²) in [5.41, 5.74) is 4.16. The quantitative estimate of drug-likeness (QED) is 0.424. The van der Waals surface area contributed by atoms with E-state index < -0.39 is 0 Å². The molecule has 9 atom stereocenters. The Kier molecular flexibility index (Phi) is 6.14. The average Bonchev–Trinajstić information content (AvgIpc) is 3.07. The van der Waals surface area contributed by atoms with E-state index in [1.165, 1.54) is 68.9 Å². The fourth-order valence-electron chi connectivity index (χ4n) is 10.1. The van der Waals surface area contributed by atoms with E-state index in [0.29, 0.717) is 28.1 Å². The molecule has 0 aliphatic heterocycles. The lowest BCUT2D eigenvalue weighted by molar-refractivity contribution is -0.220. The molecule has 1 N–H and O–H groups in total. The Bertz CT molecular complexity index is 762. The van der Waals surface area contributed by atoms with Crippen molar-refractivity contribution < 1.29 is 5.11 Å². The summed E-state index contributed by atoms with van der Waals surface area (Å²) >= 11 is 0. The van der Waals surface area contributed by atoms with Crippen LogP contribution in [-0.4, -0.2) is 11.2 Å². The van der Waals surface area contributed by atoms with Gasteiger partial charge in [0.15, 0.2) is 0 Å². The molecule has 0 aromatic heterocycles. The molecule has 4 aliphatic rings. The van der Waals surface area contributed by atoms with E-state index in [4.69, 9.17) is 0 Å². The van der Waals surface area contributed by atoms with Crippen molar-refractivity contribution in [3.8, 4) is 0 Å². The first kappa shape index (κ1) is 24.6. The van der Waals surface area contributed by atoms with Gasteiger partial charge in [-0.05, 0) is 122 Å². The average molecular weight is 441 g/mol. The molecule has 4 saturated carbocycles. The zero-order chi connectivity index (χ0) is 23.7. The first-order valence-electron chi connectivity index (χ1n) is 13.8. The van der Waals surface area contributed by atoms with Gasteiger partial charge in [-0.15, -0.1) is 0 Å². The molecule has 0 saturated heterocycles. The predicted molar refractivity (Wildman–Crippen MR) is 137 cm³/mol. The van der Waals surface area contributed by atoms with E-state index in [1.54, 1.807) is 0 Å². The number of allylic oxidation sites excluding steroid dienone is 2. The SMILES string of the molecule is C=C(C)C(C)CCC(=C)C1CCC2(C)C1CCC1C3(C)CCC(O)C(C)(C)C3CCC12C. The standard InChI is InChI=1S/C31H52O/c1-20(2)21(3)10-11-22(4)23-14-18-30(8)24(23)12-13-26-29(7)17-16-27(32)28(5,6)25(29)15-19-31(26,30)9/h21,23-27,32H,1,4,10-19H2,2-3,5-9H3. The first-order valence-corrected chi connectivity index (χ1v) is 13.8. The van der Waals surface area contributed by atoms with Crippen molar-refractivity contribution in [3.05, 3.63) is 24.3 Å². The van der Waals surface area contributed by atoms with E-state index in [2.05, 4.69) is 61.6 Å². The summed E-state index contributed by atoms with van der Waals surface area (Å²) in [4.78, 5) is 0. The minimum absolute atomic E-state index is 0.0541. The lowest BCUT2D eigenvalue weighted by Gasteiger charge is -2.69. The Labute approximate surface area is 199 Å². The van der Waals surface area contributed by atoms with Crippen LogP contribution >= 0.6 is 0 Å². The van der Waals surface area contributed by atoms with Crippen LogP contribution < -0.4 is 0 Å². The second kappa shape index (κ2) is 8.00. The molecule has 9 unspecified atom stereocenters. The summed E-state index contributed by atoms with van der Waals surface area (Å²) in [6.07, 6.45) is 12.7. The van der Waals surface area contributed by atoms with Gasteiger partial charge >= 0.3 is 0 Å². The molecule has 0 bridgehead atoms. The van der Waals surface area contributed by atoms with Crippen molar-refractivity contribution in [2.24, 2.45) is 51.2 Å². The van der Waals surface area contributed by atoms with Crippen LogP contribution in [0.15, 0.2) is 24.3 Å². The van der Waals surface area contributed by atoms with Crippen LogP contribution in [-0.2, 0) is 0 Å². The lowest BCUT2D eigenvalue weighted by Crippen LogP contribution is -2.63. The van der Waals surface area contributed by atoms with Crippen LogP contribution in [0.3, 0.4) is 0 Å². The van der Waals surface area contributed by atoms with Gasteiger partial charge < -0.3 is 5.11 Å². The minimum Gasteiger partial charge on any atom is -0.393 e. The molecular weight excluding hydrogens is 388 g/mol. The third-order valence-electron chi connectivity index (χ3n) is 12.6. The number of hydrogen-bond donors (Lipinski definition) is 1. The molecule has 4 rings (SSSR count). The van der Waals surface area contributed by atoms with Gasteiger partial charge in [0.05, 0.1) is 6.10 Å². The Morgan fingerprint density at radius 3 is 2.19 bits per heavy atom. The maximum atomic E-state index is 10.9. The molecule has 1 nitrogen and oxygen atoms in total. The molecule has 0 spiro atoms. The molecule has 4 aliphatic carbocycles. The number of hydrogen-bond acceptors (Lipinski definition) is 1. The highest BCUT2D eigenvalue weighted by molar-refractivity contribution is 5.20. The molecule has 0 aromatic carbocycles. The second-order valence-electron chi connectivity index (χ2n) is 14.1. The lowest BCUT2D eigenvalue weighted by atomic mass is 9.35. The highest BCUT2D eigenvalue weighted by Gasteiger charge is 2.68. The van der Waals surface area contributed by atoms with Crippen molar-refractivity contribution in [3.63, 3.8) is 0 Å². The monoisotopic (exact) mass is 440 g/mol. The summed E-state index contributed by atoms with van der Waals surface area (Å²) in [6.45, 7) is 26.0. The molecule has 0 heterocycles.